The highest BCUT2D eigenvalue weighted by Gasteiger charge is 2.37. The summed E-state index contributed by atoms with van der Waals surface area (Å²) in [6, 6.07) is 13.9. The molecule has 4 aromatic rings. The minimum absolute atomic E-state index is 0.361. The molecule has 0 bridgehead atoms. The van der Waals surface area contributed by atoms with Crippen molar-refractivity contribution >= 4 is 23.3 Å². The first-order valence-corrected chi connectivity index (χ1v) is 16.5. The van der Waals surface area contributed by atoms with Gasteiger partial charge in [-0.1, -0.05) is 52.0 Å². The van der Waals surface area contributed by atoms with Gasteiger partial charge in [0, 0.05) is 0 Å². The number of carbonyl (C=O) groups excluding carboxylic acids is 2. The first kappa shape index (κ1) is 38.8. The molecule has 0 fully saturated rings. The lowest BCUT2D eigenvalue weighted by Crippen LogP contribution is -2.38. The highest BCUT2D eigenvalue weighted by molar-refractivity contribution is 5.78. The number of rotatable bonds is 12. The van der Waals surface area contributed by atoms with Crippen molar-refractivity contribution in [3.05, 3.63) is 94.1 Å². The second kappa shape index (κ2) is 16.7. The van der Waals surface area contributed by atoms with Gasteiger partial charge in [-0.25, -0.2) is 28.6 Å². The fraction of sp³-hybridized carbons (Fsp3) is 0.421. The average molecular weight is 683 g/mol. The highest BCUT2D eigenvalue weighted by atomic mass is 16.5. The minimum atomic E-state index is -0.931. The van der Waals surface area contributed by atoms with E-state index in [1.165, 1.54) is 14.2 Å². The number of benzene rings is 2. The van der Waals surface area contributed by atoms with Crippen LogP contribution in [-0.2, 0) is 55.8 Å². The van der Waals surface area contributed by atoms with Crippen LogP contribution < -0.4 is 9.47 Å². The lowest BCUT2D eigenvalue weighted by molar-refractivity contribution is -0.150. The van der Waals surface area contributed by atoms with Crippen molar-refractivity contribution in [3.8, 4) is 23.0 Å². The lowest BCUT2D eigenvalue weighted by Gasteiger charge is -2.24. The van der Waals surface area contributed by atoms with Gasteiger partial charge in [0.25, 0.3) is 0 Å². The molecule has 2 aromatic heterocycles. The average Bonchev–Trinajstić information content (AvgIpc) is 3.69. The Morgan fingerprint density at radius 2 is 0.940 bits per heavy atom. The van der Waals surface area contributed by atoms with Gasteiger partial charge < -0.3 is 18.9 Å². The SMILES string of the molecule is [C-]#[N+]c1ccc(Oc2c(CC)nn(C(C)(C)C(=O)OC)c2CC)cc1.[C-]#[N+]c1ccc(Oc2c(CC)nn(C(C)(C)C(=O)OC)c2CC)cc1. The summed E-state index contributed by atoms with van der Waals surface area (Å²) in [5, 5.41) is 9.22. The Morgan fingerprint density at radius 3 is 1.18 bits per heavy atom. The van der Waals surface area contributed by atoms with Crippen LogP contribution in [0.5, 0.6) is 23.0 Å². The molecule has 0 saturated carbocycles. The summed E-state index contributed by atoms with van der Waals surface area (Å²) in [4.78, 5) is 31.1. The summed E-state index contributed by atoms with van der Waals surface area (Å²) < 4.78 is 25.4. The van der Waals surface area contributed by atoms with Crippen LogP contribution in [0.2, 0.25) is 0 Å². The first-order chi connectivity index (χ1) is 23.8. The number of methoxy groups -OCH3 is 2. The fourth-order valence-electron chi connectivity index (χ4n) is 5.31. The van der Waals surface area contributed by atoms with Crippen LogP contribution in [0.25, 0.3) is 9.69 Å². The van der Waals surface area contributed by atoms with Gasteiger partial charge in [0.05, 0.1) is 38.8 Å². The molecule has 0 amide bonds. The molecule has 0 aliphatic rings. The number of aromatic nitrogens is 4. The Morgan fingerprint density at radius 1 is 0.620 bits per heavy atom. The van der Waals surface area contributed by atoms with Gasteiger partial charge in [-0.3, -0.25) is 0 Å². The summed E-state index contributed by atoms with van der Waals surface area (Å²) in [5.41, 5.74) is 2.48. The molecule has 0 atom stereocenters. The van der Waals surface area contributed by atoms with E-state index in [9.17, 15) is 9.59 Å². The van der Waals surface area contributed by atoms with Crippen molar-refractivity contribution in [2.75, 3.05) is 14.2 Å². The zero-order valence-electron chi connectivity index (χ0n) is 30.6. The largest absolute Gasteiger partial charge is 0.467 e. The van der Waals surface area contributed by atoms with E-state index in [-0.39, 0.29) is 11.9 Å². The first-order valence-electron chi connectivity index (χ1n) is 16.5. The van der Waals surface area contributed by atoms with Crippen LogP contribution in [0.1, 0.15) is 78.2 Å². The lowest BCUT2D eigenvalue weighted by atomic mass is 10.1. The van der Waals surface area contributed by atoms with Gasteiger partial charge in [0.2, 0.25) is 0 Å². The molecule has 0 N–H and O–H groups in total. The smallest absolute Gasteiger partial charge is 0.333 e. The third-order valence-corrected chi connectivity index (χ3v) is 8.14. The van der Waals surface area contributed by atoms with Crippen LogP contribution in [0.15, 0.2) is 48.5 Å². The third kappa shape index (κ3) is 8.15. The van der Waals surface area contributed by atoms with E-state index in [1.54, 1.807) is 85.6 Å². The second-order valence-electron chi connectivity index (χ2n) is 12.2. The van der Waals surface area contributed by atoms with Crippen molar-refractivity contribution in [3.63, 3.8) is 0 Å². The van der Waals surface area contributed by atoms with Crippen molar-refractivity contribution < 1.29 is 28.5 Å². The van der Waals surface area contributed by atoms with Gasteiger partial charge in [0.15, 0.2) is 34.0 Å². The predicted molar refractivity (Wildman–Crippen MR) is 190 cm³/mol. The van der Waals surface area contributed by atoms with Crippen LogP contribution in [0.3, 0.4) is 0 Å². The summed E-state index contributed by atoms with van der Waals surface area (Å²) in [5.74, 6) is 1.87. The number of esters is 2. The van der Waals surface area contributed by atoms with E-state index < -0.39 is 11.1 Å². The van der Waals surface area contributed by atoms with E-state index >= 15 is 0 Å². The number of hydrogen-bond donors (Lipinski definition) is 0. The molecule has 2 heterocycles. The predicted octanol–water partition coefficient (Wildman–Crippen LogP) is 8.52. The maximum absolute atomic E-state index is 12.2. The summed E-state index contributed by atoms with van der Waals surface area (Å²) in [7, 11) is 2.74. The Labute approximate surface area is 294 Å². The van der Waals surface area contributed by atoms with Gasteiger partial charge in [-0.2, -0.15) is 10.2 Å². The molecule has 0 spiro atoms. The summed E-state index contributed by atoms with van der Waals surface area (Å²) >= 11 is 0. The Balaban J connectivity index is 0.000000270. The summed E-state index contributed by atoms with van der Waals surface area (Å²) in [6.45, 7) is 29.1. The van der Waals surface area contributed by atoms with Crippen LogP contribution >= 0.6 is 0 Å². The molecule has 12 nitrogen and oxygen atoms in total. The number of aryl methyl sites for hydroxylation is 2. The standard InChI is InChI=1S/2C19H23N3O3/c2*1-7-15-17(25-14-11-9-13(20-5)10-12-14)16(8-2)22(21-15)19(3,4)18(23)24-6/h2*9-12H,7-8H2,1-4,6H3. The molecule has 12 heteroatoms. The van der Waals surface area contributed by atoms with E-state index in [2.05, 4.69) is 19.9 Å². The molecule has 2 aromatic carbocycles. The number of ether oxygens (including phenoxy) is 4. The van der Waals surface area contributed by atoms with Crippen LogP contribution in [0, 0.1) is 13.1 Å². The third-order valence-electron chi connectivity index (χ3n) is 8.14. The minimum Gasteiger partial charge on any atom is -0.467 e. The Bertz CT molecular complexity index is 1730. The van der Waals surface area contributed by atoms with Gasteiger partial charge in [-0.15, -0.1) is 0 Å². The van der Waals surface area contributed by atoms with Crippen molar-refractivity contribution in [1.29, 1.82) is 0 Å². The second-order valence-corrected chi connectivity index (χ2v) is 12.2. The number of nitrogens with zero attached hydrogens (tertiary/aromatic N) is 6. The van der Waals surface area contributed by atoms with E-state index in [0.29, 0.717) is 60.1 Å². The molecule has 50 heavy (non-hydrogen) atoms. The Kier molecular flexibility index (Phi) is 12.9. The molecular formula is C38H46N6O6. The van der Waals surface area contributed by atoms with Gasteiger partial charge in [0.1, 0.15) is 22.9 Å². The van der Waals surface area contributed by atoms with Crippen LogP contribution in [0.4, 0.5) is 11.4 Å². The quantitative estimate of drug-likeness (QED) is 0.108. The topological polar surface area (TPSA) is 115 Å². The molecule has 0 radical (unpaired) electrons. The van der Waals surface area contributed by atoms with Crippen molar-refractivity contribution in [2.45, 2.75) is 92.2 Å². The fourth-order valence-corrected chi connectivity index (χ4v) is 5.31. The van der Waals surface area contributed by atoms with Crippen LogP contribution in [-0.4, -0.2) is 45.7 Å². The van der Waals surface area contributed by atoms with Crippen molar-refractivity contribution in [2.24, 2.45) is 0 Å². The molecule has 0 unspecified atom stereocenters. The normalized spacial score (nSPS) is 11.0. The van der Waals surface area contributed by atoms with E-state index in [4.69, 9.17) is 32.1 Å². The molecular weight excluding hydrogens is 636 g/mol. The maximum Gasteiger partial charge on any atom is 0.333 e. The molecule has 0 aliphatic heterocycles. The summed E-state index contributed by atoms with van der Waals surface area (Å²) in [6.07, 6.45) is 2.66. The maximum atomic E-state index is 12.2. The highest BCUT2D eigenvalue weighted by Crippen LogP contribution is 2.36. The molecule has 0 aliphatic carbocycles. The Hall–Kier alpha value is -5.62. The zero-order valence-corrected chi connectivity index (χ0v) is 30.6. The van der Waals surface area contributed by atoms with Gasteiger partial charge in [-0.05, 0) is 77.6 Å². The molecule has 0 saturated heterocycles. The monoisotopic (exact) mass is 682 g/mol. The van der Waals surface area contributed by atoms with Gasteiger partial charge >= 0.3 is 11.9 Å². The molecule has 264 valence electrons. The zero-order chi connectivity index (χ0) is 37.2. The number of carbonyl (C=O) groups is 2. The molecule has 4 rings (SSSR count). The number of hydrogen-bond acceptors (Lipinski definition) is 8. The van der Waals surface area contributed by atoms with E-state index in [0.717, 1.165) is 22.8 Å². The van der Waals surface area contributed by atoms with E-state index in [1.807, 2.05) is 27.7 Å². The van der Waals surface area contributed by atoms with Crippen molar-refractivity contribution in [1.82, 2.24) is 19.6 Å².